The summed E-state index contributed by atoms with van der Waals surface area (Å²) in [7, 11) is 0. The van der Waals surface area contributed by atoms with E-state index in [-0.39, 0.29) is 17.7 Å². The monoisotopic (exact) mass is 615 g/mol. The Labute approximate surface area is 279 Å². The second kappa shape index (κ2) is 9.25. The zero-order valence-corrected chi connectivity index (χ0v) is 26.9. The van der Waals surface area contributed by atoms with Crippen LogP contribution in [0.1, 0.15) is 42.9 Å². The predicted octanol–water partition coefficient (Wildman–Crippen LogP) is 10.8. The maximum Gasteiger partial charge on any atom is 0.160 e. The molecule has 0 radical (unpaired) electrons. The third kappa shape index (κ3) is 3.31. The van der Waals surface area contributed by atoms with Crippen LogP contribution in [-0.4, -0.2) is 4.57 Å². The summed E-state index contributed by atoms with van der Waals surface area (Å²) in [5.74, 6) is 0. The molecule has 0 spiro atoms. The van der Waals surface area contributed by atoms with E-state index in [2.05, 4.69) is 169 Å². The second-order valence-corrected chi connectivity index (χ2v) is 14.2. The van der Waals surface area contributed by atoms with E-state index in [0.717, 1.165) is 0 Å². The molecule has 2 unspecified atom stereocenters. The number of nitrogens with one attached hydrogen (secondary N) is 2. The first-order valence-corrected chi connectivity index (χ1v) is 17.0. The molecule has 2 heterocycles. The van der Waals surface area contributed by atoms with Crippen molar-refractivity contribution >= 4 is 48.9 Å². The Morgan fingerprint density at radius 2 is 1.19 bits per heavy atom. The molecule has 0 amide bonds. The lowest BCUT2D eigenvalue weighted by molar-refractivity contribution is 0.320. The Kier molecular flexibility index (Phi) is 5.09. The summed E-state index contributed by atoms with van der Waals surface area (Å²) < 4.78 is 2.50. The number of nitrogens with zero attached hydrogens (tertiary/aromatic N) is 1. The van der Waals surface area contributed by atoms with Crippen LogP contribution in [-0.2, 0) is 5.41 Å². The Bertz CT molecular complexity index is 2700. The fourth-order valence-electron chi connectivity index (χ4n) is 9.28. The highest BCUT2D eigenvalue weighted by Crippen LogP contribution is 2.55. The molecule has 48 heavy (non-hydrogen) atoms. The Balaban J connectivity index is 1.19. The molecule has 11 rings (SSSR count). The number of hydrogen-bond acceptors (Lipinski definition) is 2. The number of benzene rings is 7. The van der Waals surface area contributed by atoms with Gasteiger partial charge in [0.25, 0.3) is 0 Å². The zero-order valence-electron chi connectivity index (χ0n) is 26.9. The van der Waals surface area contributed by atoms with E-state index in [0.29, 0.717) is 0 Å². The van der Waals surface area contributed by atoms with Gasteiger partial charge in [0.05, 0.1) is 17.1 Å². The Hall–Kier alpha value is -5.64. The van der Waals surface area contributed by atoms with Crippen molar-refractivity contribution < 1.29 is 0 Å². The molecule has 7 aromatic carbocycles. The summed E-state index contributed by atoms with van der Waals surface area (Å²) in [6, 6.07) is 51.8. The van der Waals surface area contributed by atoms with Crippen LogP contribution in [0.5, 0.6) is 0 Å². The number of rotatable bonds is 2. The molecule has 1 aliphatic heterocycles. The molecule has 0 saturated carbocycles. The number of allylic oxidation sites excluding steroid dienone is 1. The molecule has 3 heteroatoms. The fourth-order valence-corrected chi connectivity index (χ4v) is 9.28. The van der Waals surface area contributed by atoms with Crippen LogP contribution in [0.2, 0.25) is 0 Å². The van der Waals surface area contributed by atoms with Gasteiger partial charge in [0.15, 0.2) is 6.29 Å². The van der Waals surface area contributed by atoms with Crippen molar-refractivity contribution in [2.24, 2.45) is 0 Å². The lowest BCUT2D eigenvalue weighted by atomic mass is 9.84. The molecule has 2 atom stereocenters. The maximum absolute atomic E-state index is 4.22. The molecular formula is C45H33N3. The van der Waals surface area contributed by atoms with Gasteiger partial charge in [-0.15, -0.1) is 0 Å². The van der Waals surface area contributed by atoms with E-state index in [1.54, 1.807) is 0 Å². The molecule has 3 nitrogen and oxygen atoms in total. The van der Waals surface area contributed by atoms with Gasteiger partial charge in [0.2, 0.25) is 0 Å². The Morgan fingerprint density at radius 3 is 2.02 bits per heavy atom. The average molecular weight is 616 g/mol. The number of fused-ring (bicyclic) bond motifs is 9. The lowest BCUT2D eigenvalue weighted by Gasteiger charge is -2.39. The van der Waals surface area contributed by atoms with Gasteiger partial charge in [-0.25, -0.2) is 0 Å². The number of para-hydroxylation sites is 1. The van der Waals surface area contributed by atoms with E-state index in [9.17, 15) is 0 Å². The minimum atomic E-state index is -0.179. The number of hydrogen-bond donors (Lipinski definition) is 2. The van der Waals surface area contributed by atoms with E-state index in [1.165, 1.54) is 93.6 Å². The zero-order chi connectivity index (χ0) is 31.7. The first kappa shape index (κ1) is 26.4. The molecule has 0 bridgehead atoms. The molecule has 2 N–H and O–H groups in total. The topological polar surface area (TPSA) is 29.0 Å². The summed E-state index contributed by atoms with van der Waals surface area (Å²) in [5, 5.41) is 16.1. The second-order valence-electron chi connectivity index (χ2n) is 14.2. The SMILES string of the molecule is CC1(C)C2=C(c3ccccc31)C(c1ccc3c4c(cccc14)-c1ccccc1-3)NC(n1c3ccccc3c3cc4ccccc4cc31)N2. The van der Waals surface area contributed by atoms with E-state index in [4.69, 9.17) is 0 Å². The van der Waals surface area contributed by atoms with Crippen molar-refractivity contribution in [2.45, 2.75) is 31.6 Å². The van der Waals surface area contributed by atoms with E-state index in [1.807, 2.05) is 0 Å². The van der Waals surface area contributed by atoms with Gasteiger partial charge in [-0.05, 0) is 78.7 Å². The summed E-state index contributed by atoms with van der Waals surface area (Å²) in [5.41, 5.74) is 14.3. The third-order valence-electron chi connectivity index (χ3n) is 11.4. The molecular weight excluding hydrogens is 583 g/mol. The quantitative estimate of drug-likeness (QED) is 0.203. The molecule has 8 aromatic rings. The smallest absolute Gasteiger partial charge is 0.160 e. The highest BCUT2D eigenvalue weighted by Gasteiger charge is 2.45. The van der Waals surface area contributed by atoms with Crippen molar-refractivity contribution in [1.29, 1.82) is 0 Å². The van der Waals surface area contributed by atoms with Crippen LogP contribution in [0.25, 0.3) is 71.2 Å². The first-order chi connectivity index (χ1) is 23.6. The summed E-state index contributed by atoms with van der Waals surface area (Å²) >= 11 is 0. The molecule has 228 valence electrons. The van der Waals surface area contributed by atoms with Crippen LogP contribution in [0.4, 0.5) is 0 Å². The van der Waals surface area contributed by atoms with Crippen molar-refractivity contribution in [2.75, 3.05) is 0 Å². The van der Waals surface area contributed by atoms with Crippen molar-refractivity contribution in [3.05, 3.63) is 162 Å². The van der Waals surface area contributed by atoms with E-state index < -0.39 is 0 Å². The van der Waals surface area contributed by atoms with Crippen molar-refractivity contribution in [3.8, 4) is 22.3 Å². The van der Waals surface area contributed by atoms with Gasteiger partial charge in [-0.1, -0.05) is 135 Å². The average Bonchev–Trinajstić information content (AvgIpc) is 3.71. The van der Waals surface area contributed by atoms with Gasteiger partial charge in [0, 0.05) is 27.5 Å². The standard InChI is InChI=1S/C45H33N3/c1-45(2)37-20-9-7-17-35(37)41-42(34-23-22-33-29-15-6-5-14-28(29)31-18-11-19-32(34)40(31)33)46-44(47-43(41)45)48-38-21-10-8-16-30(38)36-24-26-12-3-4-13-27(26)25-39(36)48/h3-25,42,44,46-47H,1-2H3. The van der Waals surface area contributed by atoms with Gasteiger partial charge in [-0.3, -0.25) is 5.32 Å². The molecule has 1 aromatic heterocycles. The predicted molar refractivity (Wildman–Crippen MR) is 200 cm³/mol. The summed E-state index contributed by atoms with van der Waals surface area (Å²) in [6.45, 7) is 4.76. The van der Waals surface area contributed by atoms with Crippen molar-refractivity contribution in [3.63, 3.8) is 0 Å². The lowest BCUT2D eigenvalue weighted by Crippen LogP contribution is -2.47. The van der Waals surface area contributed by atoms with Gasteiger partial charge >= 0.3 is 0 Å². The van der Waals surface area contributed by atoms with Crippen molar-refractivity contribution in [1.82, 2.24) is 15.2 Å². The minimum Gasteiger partial charge on any atom is -0.355 e. The molecule has 2 aliphatic carbocycles. The highest BCUT2D eigenvalue weighted by atomic mass is 15.3. The summed E-state index contributed by atoms with van der Waals surface area (Å²) in [6.07, 6.45) is -0.175. The highest BCUT2D eigenvalue weighted by molar-refractivity contribution is 6.16. The van der Waals surface area contributed by atoms with Crippen LogP contribution in [0, 0.1) is 0 Å². The molecule has 3 aliphatic rings. The minimum absolute atomic E-state index is 0.0288. The molecule has 0 fully saturated rings. The van der Waals surface area contributed by atoms with Crippen LogP contribution in [0.3, 0.4) is 0 Å². The van der Waals surface area contributed by atoms with E-state index >= 15 is 0 Å². The van der Waals surface area contributed by atoms with Gasteiger partial charge in [-0.2, -0.15) is 0 Å². The third-order valence-corrected chi connectivity index (χ3v) is 11.4. The van der Waals surface area contributed by atoms with Gasteiger partial charge in [0.1, 0.15) is 0 Å². The van der Waals surface area contributed by atoms with Crippen LogP contribution >= 0.6 is 0 Å². The Morgan fingerprint density at radius 1 is 0.542 bits per heavy atom. The largest absolute Gasteiger partial charge is 0.355 e. The molecule has 0 saturated heterocycles. The first-order valence-electron chi connectivity index (χ1n) is 17.0. The number of aromatic nitrogens is 1. The maximum atomic E-state index is 4.22. The normalized spacial score (nSPS) is 18.8. The summed E-state index contributed by atoms with van der Waals surface area (Å²) in [4.78, 5) is 0. The van der Waals surface area contributed by atoms with Crippen LogP contribution in [0.15, 0.2) is 145 Å². The fraction of sp³-hybridized carbons (Fsp3) is 0.111. The van der Waals surface area contributed by atoms with Crippen LogP contribution < -0.4 is 10.6 Å². The van der Waals surface area contributed by atoms with Gasteiger partial charge < -0.3 is 9.88 Å².